The van der Waals surface area contributed by atoms with Crippen LogP contribution in [0.1, 0.15) is 47.0 Å². The Kier molecular flexibility index (Phi) is 4.99. The minimum absolute atomic E-state index is 0.422. The summed E-state index contributed by atoms with van der Waals surface area (Å²) in [6.07, 6.45) is 3.31. The lowest BCUT2D eigenvalue weighted by atomic mass is 9.85. The zero-order valence-electron chi connectivity index (χ0n) is 12.1. The molecule has 17 heavy (non-hydrogen) atoms. The van der Waals surface area contributed by atoms with Gasteiger partial charge in [-0.3, -0.25) is 0 Å². The zero-order valence-corrected chi connectivity index (χ0v) is 12.1. The SMILES string of the molecule is COC(C)(C)C(O)CN1CCCC(C)(C)CC1. The molecule has 1 fully saturated rings. The first-order valence-electron chi connectivity index (χ1n) is 6.72. The second-order valence-corrected chi connectivity index (χ2v) is 6.64. The number of methoxy groups -OCH3 is 1. The van der Waals surface area contributed by atoms with E-state index < -0.39 is 11.7 Å². The molecule has 0 aliphatic carbocycles. The van der Waals surface area contributed by atoms with Crippen LogP contribution in [0.5, 0.6) is 0 Å². The van der Waals surface area contributed by atoms with Crippen LogP contribution in [-0.4, -0.2) is 48.5 Å². The fourth-order valence-electron chi connectivity index (χ4n) is 2.26. The molecular formula is C14H29NO2. The van der Waals surface area contributed by atoms with Crippen molar-refractivity contribution < 1.29 is 9.84 Å². The number of aliphatic hydroxyl groups is 1. The Morgan fingerprint density at radius 1 is 1.29 bits per heavy atom. The predicted octanol–water partition coefficient (Wildman–Crippen LogP) is 2.28. The molecule has 1 rings (SSSR count). The number of rotatable bonds is 4. The predicted molar refractivity (Wildman–Crippen MR) is 71.2 cm³/mol. The smallest absolute Gasteiger partial charge is 0.0950 e. The summed E-state index contributed by atoms with van der Waals surface area (Å²) in [6.45, 7) is 11.5. The normalized spacial score (nSPS) is 24.4. The number of aliphatic hydroxyl groups excluding tert-OH is 1. The number of β-amino-alcohol motifs (C(OH)–C–C–N with tert-alkyl or cyclic N) is 1. The van der Waals surface area contributed by atoms with Crippen molar-refractivity contribution in [2.75, 3.05) is 26.7 Å². The largest absolute Gasteiger partial charge is 0.389 e. The van der Waals surface area contributed by atoms with Gasteiger partial charge in [-0.05, 0) is 51.6 Å². The molecule has 0 radical (unpaired) electrons. The maximum Gasteiger partial charge on any atom is 0.0950 e. The molecule has 0 amide bonds. The molecule has 3 nitrogen and oxygen atoms in total. The molecule has 1 heterocycles. The third kappa shape index (κ3) is 4.57. The fraction of sp³-hybridized carbons (Fsp3) is 1.00. The molecule has 0 aromatic carbocycles. The summed E-state index contributed by atoms with van der Waals surface area (Å²) in [5.41, 5.74) is -0.00169. The van der Waals surface area contributed by atoms with Crippen LogP contribution < -0.4 is 0 Å². The third-order valence-electron chi connectivity index (χ3n) is 4.19. The summed E-state index contributed by atoms with van der Waals surface area (Å²) < 4.78 is 5.34. The summed E-state index contributed by atoms with van der Waals surface area (Å²) in [5, 5.41) is 10.2. The lowest BCUT2D eigenvalue weighted by molar-refractivity contribution is -0.0875. The highest BCUT2D eigenvalue weighted by molar-refractivity contribution is 4.83. The molecule has 1 saturated heterocycles. The molecule has 1 atom stereocenters. The Morgan fingerprint density at radius 2 is 1.94 bits per heavy atom. The highest BCUT2D eigenvalue weighted by Gasteiger charge is 2.30. The Balaban J connectivity index is 2.47. The topological polar surface area (TPSA) is 32.7 Å². The minimum Gasteiger partial charge on any atom is -0.389 e. The van der Waals surface area contributed by atoms with Gasteiger partial charge in [0.25, 0.3) is 0 Å². The second-order valence-electron chi connectivity index (χ2n) is 6.64. The molecule has 1 unspecified atom stereocenters. The lowest BCUT2D eigenvalue weighted by Gasteiger charge is -2.33. The lowest BCUT2D eigenvalue weighted by Crippen LogP contribution is -2.46. The van der Waals surface area contributed by atoms with Gasteiger partial charge in [0, 0.05) is 13.7 Å². The number of likely N-dealkylation sites (tertiary alicyclic amines) is 1. The van der Waals surface area contributed by atoms with Gasteiger partial charge in [0.05, 0.1) is 11.7 Å². The number of hydrogen-bond acceptors (Lipinski definition) is 3. The molecule has 1 aliphatic rings. The van der Waals surface area contributed by atoms with Crippen LogP contribution >= 0.6 is 0 Å². The van der Waals surface area contributed by atoms with E-state index in [4.69, 9.17) is 4.74 Å². The van der Waals surface area contributed by atoms with Crippen molar-refractivity contribution in [3.8, 4) is 0 Å². The van der Waals surface area contributed by atoms with Crippen LogP contribution in [0.15, 0.2) is 0 Å². The van der Waals surface area contributed by atoms with Gasteiger partial charge < -0.3 is 14.7 Å². The van der Waals surface area contributed by atoms with E-state index >= 15 is 0 Å². The average Bonchev–Trinajstić information content (AvgIpc) is 2.40. The quantitative estimate of drug-likeness (QED) is 0.822. The number of hydrogen-bond donors (Lipinski definition) is 1. The van der Waals surface area contributed by atoms with Crippen LogP contribution in [0.4, 0.5) is 0 Å². The van der Waals surface area contributed by atoms with Crippen molar-refractivity contribution in [2.24, 2.45) is 5.41 Å². The van der Waals surface area contributed by atoms with Crippen molar-refractivity contribution in [1.82, 2.24) is 4.90 Å². The van der Waals surface area contributed by atoms with E-state index in [1.807, 2.05) is 13.8 Å². The molecule has 0 spiro atoms. The van der Waals surface area contributed by atoms with Crippen LogP contribution in [-0.2, 0) is 4.74 Å². The molecule has 1 aliphatic heterocycles. The van der Waals surface area contributed by atoms with Gasteiger partial charge in [-0.25, -0.2) is 0 Å². The van der Waals surface area contributed by atoms with Crippen LogP contribution in [0.2, 0.25) is 0 Å². The maximum absolute atomic E-state index is 10.2. The van der Waals surface area contributed by atoms with E-state index in [2.05, 4.69) is 18.7 Å². The maximum atomic E-state index is 10.2. The van der Waals surface area contributed by atoms with E-state index in [1.54, 1.807) is 7.11 Å². The summed E-state index contributed by atoms with van der Waals surface area (Å²) in [4.78, 5) is 2.38. The molecule has 0 bridgehead atoms. The van der Waals surface area contributed by atoms with E-state index in [-0.39, 0.29) is 0 Å². The van der Waals surface area contributed by atoms with Gasteiger partial charge in [0.15, 0.2) is 0 Å². The van der Waals surface area contributed by atoms with Gasteiger partial charge in [-0.1, -0.05) is 13.8 Å². The van der Waals surface area contributed by atoms with E-state index in [9.17, 15) is 5.11 Å². The first-order valence-corrected chi connectivity index (χ1v) is 6.72. The van der Waals surface area contributed by atoms with E-state index in [0.29, 0.717) is 5.41 Å². The Morgan fingerprint density at radius 3 is 2.53 bits per heavy atom. The molecule has 0 aromatic rings. The number of ether oxygens (including phenoxy) is 1. The molecule has 3 heteroatoms. The summed E-state index contributed by atoms with van der Waals surface area (Å²) in [5.74, 6) is 0. The van der Waals surface area contributed by atoms with Crippen LogP contribution in [0.3, 0.4) is 0 Å². The van der Waals surface area contributed by atoms with Gasteiger partial charge in [0.2, 0.25) is 0 Å². The summed E-state index contributed by atoms with van der Waals surface area (Å²) in [6, 6.07) is 0. The molecular weight excluding hydrogens is 214 g/mol. The average molecular weight is 243 g/mol. The van der Waals surface area contributed by atoms with Crippen molar-refractivity contribution in [1.29, 1.82) is 0 Å². The van der Waals surface area contributed by atoms with Crippen molar-refractivity contribution in [3.63, 3.8) is 0 Å². The molecule has 1 N–H and O–H groups in total. The first kappa shape index (κ1) is 14.9. The summed E-state index contributed by atoms with van der Waals surface area (Å²) >= 11 is 0. The van der Waals surface area contributed by atoms with Gasteiger partial charge in [-0.15, -0.1) is 0 Å². The Hall–Kier alpha value is -0.120. The molecule has 0 aromatic heterocycles. The molecule has 102 valence electrons. The van der Waals surface area contributed by atoms with Crippen LogP contribution in [0.25, 0.3) is 0 Å². The molecule has 0 saturated carbocycles. The van der Waals surface area contributed by atoms with Crippen molar-refractivity contribution in [2.45, 2.75) is 58.7 Å². The van der Waals surface area contributed by atoms with Crippen LogP contribution in [0, 0.1) is 5.41 Å². The Bertz CT molecular complexity index is 238. The van der Waals surface area contributed by atoms with Gasteiger partial charge in [-0.2, -0.15) is 0 Å². The minimum atomic E-state index is -0.457. The zero-order chi connectivity index (χ0) is 13.1. The van der Waals surface area contributed by atoms with Gasteiger partial charge in [0.1, 0.15) is 0 Å². The van der Waals surface area contributed by atoms with Gasteiger partial charge >= 0.3 is 0 Å². The Labute approximate surface area is 106 Å². The second kappa shape index (κ2) is 5.68. The first-order chi connectivity index (χ1) is 7.77. The highest BCUT2D eigenvalue weighted by atomic mass is 16.5. The van der Waals surface area contributed by atoms with Crippen molar-refractivity contribution >= 4 is 0 Å². The van der Waals surface area contributed by atoms with E-state index in [0.717, 1.165) is 19.6 Å². The highest BCUT2D eigenvalue weighted by Crippen LogP contribution is 2.30. The van der Waals surface area contributed by atoms with E-state index in [1.165, 1.54) is 19.3 Å². The summed E-state index contributed by atoms with van der Waals surface area (Å²) in [7, 11) is 1.66. The monoisotopic (exact) mass is 243 g/mol. The standard InChI is InChI=1S/C14H29NO2/c1-13(2)7-6-9-15(10-8-13)11-12(16)14(3,4)17-5/h12,16H,6-11H2,1-5H3. The fourth-order valence-corrected chi connectivity index (χ4v) is 2.26. The van der Waals surface area contributed by atoms with Crippen molar-refractivity contribution in [3.05, 3.63) is 0 Å². The third-order valence-corrected chi connectivity index (χ3v) is 4.19. The number of nitrogens with zero attached hydrogens (tertiary/aromatic N) is 1.